The number of unbranched alkanes of at least 4 members (excludes halogenated alkanes) is 1. The van der Waals surface area contributed by atoms with Gasteiger partial charge in [-0.2, -0.15) is 0 Å². The third-order valence-corrected chi connectivity index (χ3v) is 4.41. The van der Waals surface area contributed by atoms with Crippen LogP contribution in [0.3, 0.4) is 0 Å². The molecule has 4 nitrogen and oxygen atoms in total. The van der Waals surface area contributed by atoms with Crippen LogP contribution >= 0.6 is 0 Å². The Kier molecular flexibility index (Phi) is 6.72. The molecule has 1 aromatic rings. The maximum absolute atomic E-state index is 12.1. The Morgan fingerprint density at radius 2 is 1.82 bits per heavy atom. The lowest BCUT2D eigenvalue weighted by Crippen LogP contribution is -2.47. The molecule has 0 N–H and O–H groups in total. The molecule has 122 valence electrons. The largest absolute Gasteiger partial charge is 0.369 e. The van der Waals surface area contributed by atoms with Crippen LogP contribution < -0.4 is 4.90 Å². The molecule has 0 saturated carbocycles. The van der Waals surface area contributed by atoms with Crippen molar-refractivity contribution in [2.45, 2.75) is 26.2 Å². The number of rotatable bonds is 7. The Morgan fingerprint density at radius 3 is 2.45 bits per heavy atom. The summed E-state index contributed by atoms with van der Waals surface area (Å²) in [5.41, 5.74) is 1.30. The predicted octanol–water partition coefficient (Wildman–Crippen LogP) is 2.46. The maximum Gasteiger partial charge on any atom is 0.223 e. The summed E-state index contributed by atoms with van der Waals surface area (Å²) in [5, 5.41) is 0. The number of hydrogen-bond donors (Lipinski definition) is 0. The van der Waals surface area contributed by atoms with E-state index in [9.17, 15) is 4.79 Å². The summed E-state index contributed by atoms with van der Waals surface area (Å²) in [6.45, 7) is 8.11. The first-order chi connectivity index (χ1) is 10.7. The molecule has 0 bridgehead atoms. The van der Waals surface area contributed by atoms with Gasteiger partial charge in [0, 0.05) is 58.4 Å². The van der Waals surface area contributed by atoms with E-state index >= 15 is 0 Å². The highest BCUT2D eigenvalue weighted by Crippen LogP contribution is 2.15. The van der Waals surface area contributed by atoms with Crippen LogP contribution in [0.15, 0.2) is 30.3 Å². The summed E-state index contributed by atoms with van der Waals surface area (Å²) >= 11 is 0. The second kappa shape index (κ2) is 8.79. The SMILES string of the molecule is CCCCN(C)C(=O)CCN1CCN(c2ccccc2)CC1. The average Bonchev–Trinajstić information content (AvgIpc) is 2.58. The predicted molar refractivity (Wildman–Crippen MR) is 92.3 cm³/mol. The van der Waals surface area contributed by atoms with Crippen LogP contribution in [0, 0.1) is 0 Å². The molecule has 22 heavy (non-hydrogen) atoms. The first kappa shape index (κ1) is 16.8. The van der Waals surface area contributed by atoms with Gasteiger partial charge in [0.15, 0.2) is 0 Å². The van der Waals surface area contributed by atoms with Gasteiger partial charge in [0.25, 0.3) is 0 Å². The second-order valence-electron chi connectivity index (χ2n) is 6.08. The topological polar surface area (TPSA) is 26.8 Å². The van der Waals surface area contributed by atoms with E-state index in [1.54, 1.807) is 0 Å². The number of carbonyl (C=O) groups excluding carboxylic acids is 1. The van der Waals surface area contributed by atoms with E-state index in [1.165, 1.54) is 5.69 Å². The van der Waals surface area contributed by atoms with E-state index < -0.39 is 0 Å². The van der Waals surface area contributed by atoms with Crippen molar-refractivity contribution in [3.63, 3.8) is 0 Å². The lowest BCUT2D eigenvalue weighted by Gasteiger charge is -2.36. The molecule has 0 aliphatic carbocycles. The summed E-state index contributed by atoms with van der Waals surface area (Å²) in [6, 6.07) is 10.6. The third kappa shape index (κ3) is 5.02. The fraction of sp³-hybridized carbons (Fsp3) is 0.611. The monoisotopic (exact) mass is 303 g/mol. The van der Waals surface area contributed by atoms with Crippen molar-refractivity contribution in [1.29, 1.82) is 0 Å². The molecular weight excluding hydrogens is 274 g/mol. The summed E-state index contributed by atoms with van der Waals surface area (Å²) < 4.78 is 0. The van der Waals surface area contributed by atoms with Crippen molar-refractivity contribution < 1.29 is 4.79 Å². The van der Waals surface area contributed by atoms with Crippen molar-refractivity contribution in [1.82, 2.24) is 9.80 Å². The number of benzene rings is 1. The molecule has 1 aromatic carbocycles. The number of nitrogens with zero attached hydrogens (tertiary/aromatic N) is 3. The number of amides is 1. The Bertz CT molecular complexity index is 441. The van der Waals surface area contributed by atoms with Crippen molar-refractivity contribution in [2.75, 3.05) is 51.2 Å². The second-order valence-corrected chi connectivity index (χ2v) is 6.08. The van der Waals surface area contributed by atoms with E-state index in [-0.39, 0.29) is 5.91 Å². The first-order valence-electron chi connectivity index (χ1n) is 8.47. The van der Waals surface area contributed by atoms with Crippen LogP contribution in [0.1, 0.15) is 26.2 Å². The summed E-state index contributed by atoms with van der Waals surface area (Å²) in [7, 11) is 1.92. The van der Waals surface area contributed by atoms with Crippen molar-refractivity contribution >= 4 is 11.6 Å². The minimum Gasteiger partial charge on any atom is -0.369 e. The number of piperazine rings is 1. The summed E-state index contributed by atoms with van der Waals surface area (Å²) in [5.74, 6) is 0.277. The zero-order valence-corrected chi connectivity index (χ0v) is 14.0. The Hall–Kier alpha value is -1.55. The molecule has 1 aliphatic heterocycles. The number of hydrogen-bond acceptors (Lipinski definition) is 3. The van der Waals surface area contributed by atoms with Gasteiger partial charge in [-0.15, -0.1) is 0 Å². The number of para-hydroxylation sites is 1. The third-order valence-electron chi connectivity index (χ3n) is 4.41. The Labute approximate surface area is 134 Å². The smallest absolute Gasteiger partial charge is 0.223 e. The van der Waals surface area contributed by atoms with Crippen LogP contribution in [0.5, 0.6) is 0 Å². The summed E-state index contributed by atoms with van der Waals surface area (Å²) in [4.78, 5) is 18.8. The lowest BCUT2D eigenvalue weighted by atomic mass is 10.2. The normalized spacial score (nSPS) is 15.8. The Morgan fingerprint density at radius 1 is 1.14 bits per heavy atom. The highest BCUT2D eigenvalue weighted by atomic mass is 16.2. The van der Waals surface area contributed by atoms with Gasteiger partial charge in [-0.3, -0.25) is 9.69 Å². The van der Waals surface area contributed by atoms with E-state index in [2.05, 4.69) is 47.1 Å². The molecule has 0 aromatic heterocycles. The van der Waals surface area contributed by atoms with Gasteiger partial charge in [-0.1, -0.05) is 31.5 Å². The van der Waals surface area contributed by atoms with Gasteiger partial charge in [-0.05, 0) is 18.6 Å². The van der Waals surface area contributed by atoms with Crippen LogP contribution in [0.4, 0.5) is 5.69 Å². The number of anilines is 1. The molecule has 1 aliphatic rings. The van der Waals surface area contributed by atoms with Crippen LogP contribution in [-0.4, -0.2) is 62.0 Å². The molecule has 0 radical (unpaired) electrons. The van der Waals surface area contributed by atoms with Crippen molar-refractivity contribution in [3.05, 3.63) is 30.3 Å². The quantitative estimate of drug-likeness (QED) is 0.774. The molecule has 2 rings (SSSR count). The first-order valence-corrected chi connectivity index (χ1v) is 8.47. The summed E-state index contributed by atoms with van der Waals surface area (Å²) in [6.07, 6.45) is 2.88. The van der Waals surface area contributed by atoms with Crippen LogP contribution in [-0.2, 0) is 4.79 Å². The molecule has 0 unspecified atom stereocenters. The Balaban J connectivity index is 1.68. The van der Waals surface area contributed by atoms with E-state index in [1.807, 2.05) is 11.9 Å². The molecule has 1 amide bonds. The zero-order chi connectivity index (χ0) is 15.8. The standard InChI is InChI=1S/C18H29N3O/c1-3-4-11-19(2)18(22)10-12-20-13-15-21(16-14-20)17-8-6-5-7-9-17/h5-9H,3-4,10-16H2,1-2H3. The van der Waals surface area contributed by atoms with Crippen LogP contribution in [0.2, 0.25) is 0 Å². The molecule has 1 saturated heterocycles. The van der Waals surface area contributed by atoms with Gasteiger partial charge in [0.05, 0.1) is 0 Å². The van der Waals surface area contributed by atoms with Crippen molar-refractivity contribution in [3.8, 4) is 0 Å². The highest BCUT2D eigenvalue weighted by molar-refractivity contribution is 5.76. The van der Waals surface area contributed by atoms with Gasteiger partial charge in [-0.25, -0.2) is 0 Å². The van der Waals surface area contributed by atoms with Gasteiger partial charge >= 0.3 is 0 Å². The average molecular weight is 303 g/mol. The molecule has 0 spiro atoms. The van der Waals surface area contributed by atoms with Crippen molar-refractivity contribution in [2.24, 2.45) is 0 Å². The van der Waals surface area contributed by atoms with E-state index in [0.717, 1.165) is 52.1 Å². The highest BCUT2D eigenvalue weighted by Gasteiger charge is 2.18. The van der Waals surface area contributed by atoms with E-state index in [4.69, 9.17) is 0 Å². The lowest BCUT2D eigenvalue weighted by molar-refractivity contribution is -0.130. The van der Waals surface area contributed by atoms with Crippen LogP contribution in [0.25, 0.3) is 0 Å². The minimum absolute atomic E-state index is 0.277. The fourth-order valence-corrected chi connectivity index (χ4v) is 2.83. The van der Waals surface area contributed by atoms with Gasteiger partial charge in [0.2, 0.25) is 5.91 Å². The molecule has 1 fully saturated rings. The van der Waals surface area contributed by atoms with Gasteiger partial charge < -0.3 is 9.80 Å². The maximum atomic E-state index is 12.1. The molecule has 0 atom stereocenters. The van der Waals surface area contributed by atoms with Gasteiger partial charge in [0.1, 0.15) is 0 Å². The molecular formula is C18H29N3O. The number of carbonyl (C=O) groups is 1. The minimum atomic E-state index is 0.277. The fourth-order valence-electron chi connectivity index (χ4n) is 2.83. The van der Waals surface area contributed by atoms with E-state index in [0.29, 0.717) is 6.42 Å². The molecule has 1 heterocycles. The molecule has 4 heteroatoms. The zero-order valence-electron chi connectivity index (χ0n) is 14.0.